The molecule has 68 valence electrons. The number of hydrogen-bond donors (Lipinski definition) is 1. The summed E-state index contributed by atoms with van der Waals surface area (Å²) in [7, 11) is 0. The fraction of sp³-hybridized carbons (Fsp3) is 0.0909. The largest absolute Gasteiger partial charge is 0.368 e. The molecule has 1 aromatic carbocycles. The molecule has 0 fully saturated rings. The third-order valence-electron chi connectivity index (χ3n) is 2.54. The molecule has 0 spiro atoms. The normalized spacial score (nSPS) is 12.3. The van der Waals surface area contributed by atoms with Gasteiger partial charge in [-0.15, -0.1) is 0 Å². The summed E-state index contributed by atoms with van der Waals surface area (Å²) in [6.45, 7) is 0. The van der Waals surface area contributed by atoms with Crippen LogP contribution in [0.25, 0.3) is 11.3 Å². The second kappa shape index (κ2) is 2.54. The first-order valence-corrected chi connectivity index (χ1v) is 4.54. The first kappa shape index (κ1) is 7.50. The summed E-state index contributed by atoms with van der Waals surface area (Å²) in [5, 5.41) is 0. The Morgan fingerprint density at radius 2 is 2.00 bits per heavy atom. The number of fused-ring (bicyclic) bond motifs is 3. The summed E-state index contributed by atoms with van der Waals surface area (Å²) in [4.78, 5) is 8.26. The van der Waals surface area contributed by atoms with Crippen molar-refractivity contribution in [2.45, 2.75) is 6.42 Å². The molecule has 14 heavy (non-hydrogen) atoms. The number of rotatable bonds is 0. The Balaban J connectivity index is 2.30. The van der Waals surface area contributed by atoms with Crippen molar-refractivity contribution in [2.24, 2.45) is 0 Å². The first-order valence-electron chi connectivity index (χ1n) is 4.54. The van der Waals surface area contributed by atoms with Gasteiger partial charge in [0.2, 0.25) is 5.95 Å². The minimum Gasteiger partial charge on any atom is -0.368 e. The van der Waals surface area contributed by atoms with Crippen molar-refractivity contribution in [1.29, 1.82) is 0 Å². The van der Waals surface area contributed by atoms with E-state index < -0.39 is 0 Å². The lowest BCUT2D eigenvalue weighted by Gasteiger charge is -1.99. The molecule has 3 heteroatoms. The van der Waals surface area contributed by atoms with E-state index in [-0.39, 0.29) is 0 Å². The minimum atomic E-state index is 0.348. The van der Waals surface area contributed by atoms with E-state index in [0.717, 1.165) is 12.1 Å². The summed E-state index contributed by atoms with van der Waals surface area (Å²) in [6.07, 6.45) is 2.74. The zero-order chi connectivity index (χ0) is 9.54. The number of anilines is 1. The first-order chi connectivity index (χ1) is 6.84. The zero-order valence-electron chi connectivity index (χ0n) is 7.57. The molecule has 1 aliphatic rings. The molecule has 0 saturated carbocycles. The number of nitrogen functional groups attached to an aromatic ring is 1. The van der Waals surface area contributed by atoms with Gasteiger partial charge in [-0.25, -0.2) is 9.97 Å². The SMILES string of the molecule is Nc1ncc2c(n1)-c1ccccc1C2. The van der Waals surface area contributed by atoms with Crippen LogP contribution in [0.2, 0.25) is 0 Å². The maximum Gasteiger partial charge on any atom is 0.220 e. The van der Waals surface area contributed by atoms with Gasteiger partial charge in [-0.2, -0.15) is 0 Å². The van der Waals surface area contributed by atoms with Crippen molar-refractivity contribution in [3.8, 4) is 11.3 Å². The maximum absolute atomic E-state index is 5.57. The van der Waals surface area contributed by atoms with Crippen LogP contribution in [-0.4, -0.2) is 9.97 Å². The molecular formula is C11H9N3. The number of nitrogens with zero attached hydrogens (tertiary/aromatic N) is 2. The highest BCUT2D eigenvalue weighted by molar-refractivity contribution is 5.73. The van der Waals surface area contributed by atoms with Crippen molar-refractivity contribution in [1.82, 2.24) is 9.97 Å². The number of benzene rings is 1. The molecule has 2 N–H and O–H groups in total. The molecule has 0 atom stereocenters. The van der Waals surface area contributed by atoms with E-state index in [9.17, 15) is 0 Å². The molecule has 0 bridgehead atoms. The Labute approximate surface area is 81.6 Å². The summed E-state index contributed by atoms with van der Waals surface area (Å²) < 4.78 is 0. The summed E-state index contributed by atoms with van der Waals surface area (Å²) >= 11 is 0. The van der Waals surface area contributed by atoms with Gasteiger partial charge in [0.1, 0.15) is 0 Å². The predicted octanol–water partition coefficient (Wildman–Crippen LogP) is 1.63. The van der Waals surface area contributed by atoms with Crippen LogP contribution in [0, 0.1) is 0 Å². The lowest BCUT2D eigenvalue weighted by molar-refractivity contribution is 1.14. The fourth-order valence-corrected chi connectivity index (χ4v) is 1.89. The van der Waals surface area contributed by atoms with Gasteiger partial charge >= 0.3 is 0 Å². The molecule has 3 nitrogen and oxygen atoms in total. The van der Waals surface area contributed by atoms with E-state index >= 15 is 0 Å². The van der Waals surface area contributed by atoms with Crippen LogP contribution in [0.5, 0.6) is 0 Å². The second-order valence-electron chi connectivity index (χ2n) is 3.44. The molecular weight excluding hydrogens is 174 g/mol. The Kier molecular flexibility index (Phi) is 1.36. The van der Waals surface area contributed by atoms with Crippen molar-refractivity contribution in [2.75, 3.05) is 5.73 Å². The summed E-state index contributed by atoms with van der Waals surface area (Å²) in [5.41, 5.74) is 10.2. The summed E-state index contributed by atoms with van der Waals surface area (Å²) in [6, 6.07) is 8.26. The highest BCUT2D eigenvalue weighted by Gasteiger charge is 2.19. The van der Waals surface area contributed by atoms with Gasteiger partial charge in [0.05, 0.1) is 5.69 Å². The van der Waals surface area contributed by atoms with Crippen LogP contribution >= 0.6 is 0 Å². The van der Waals surface area contributed by atoms with E-state index in [0.29, 0.717) is 5.95 Å². The molecule has 1 aromatic heterocycles. The molecule has 0 saturated heterocycles. The van der Waals surface area contributed by atoms with E-state index in [4.69, 9.17) is 5.73 Å². The molecule has 1 heterocycles. The Hall–Kier alpha value is -1.90. The van der Waals surface area contributed by atoms with Crippen LogP contribution in [0.15, 0.2) is 30.5 Å². The number of nitrogens with two attached hydrogens (primary N) is 1. The van der Waals surface area contributed by atoms with E-state index in [1.165, 1.54) is 16.7 Å². The van der Waals surface area contributed by atoms with E-state index in [2.05, 4.69) is 22.1 Å². The van der Waals surface area contributed by atoms with E-state index in [1.54, 1.807) is 0 Å². The molecule has 0 aliphatic heterocycles. The van der Waals surface area contributed by atoms with Crippen LogP contribution < -0.4 is 5.73 Å². The average molecular weight is 183 g/mol. The third kappa shape index (κ3) is 0.923. The predicted molar refractivity (Wildman–Crippen MR) is 54.7 cm³/mol. The van der Waals surface area contributed by atoms with Crippen molar-refractivity contribution >= 4 is 5.95 Å². The van der Waals surface area contributed by atoms with Crippen LogP contribution in [0.3, 0.4) is 0 Å². The standard InChI is InChI=1S/C11H9N3/c12-11-13-6-8-5-7-3-1-2-4-9(7)10(8)14-11/h1-4,6H,5H2,(H2,12,13,14). The highest BCUT2D eigenvalue weighted by Crippen LogP contribution is 2.34. The van der Waals surface area contributed by atoms with Gasteiger partial charge in [-0.3, -0.25) is 0 Å². The molecule has 2 aromatic rings. The Morgan fingerprint density at radius 1 is 1.14 bits per heavy atom. The minimum absolute atomic E-state index is 0.348. The Morgan fingerprint density at radius 3 is 2.93 bits per heavy atom. The van der Waals surface area contributed by atoms with Gasteiger partial charge < -0.3 is 5.73 Å². The third-order valence-corrected chi connectivity index (χ3v) is 2.54. The summed E-state index contributed by atoms with van der Waals surface area (Å²) in [5.74, 6) is 0.348. The molecule has 0 unspecified atom stereocenters. The average Bonchev–Trinajstić information content (AvgIpc) is 2.56. The van der Waals surface area contributed by atoms with Crippen LogP contribution in [0.4, 0.5) is 5.95 Å². The zero-order valence-corrected chi connectivity index (χ0v) is 7.57. The Bertz CT molecular complexity index is 506. The highest BCUT2D eigenvalue weighted by atomic mass is 15.0. The second-order valence-corrected chi connectivity index (χ2v) is 3.44. The monoisotopic (exact) mass is 183 g/mol. The molecule has 3 rings (SSSR count). The van der Waals surface area contributed by atoms with Gasteiger partial charge in [0, 0.05) is 23.7 Å². The fourth-order valence-electron chi connectivity index (χ4n) is 1.89. The van der Waals surface area contributed by atoms with Crippen LogP contribution in [-0.2, 0) is 6.42 Å². The smallest absolute Gasteiger partial charge is 0.220 e. The maximum atomic E-state index is 5.57. The van der Waals surface area contributed by atoms with Gasteiger partial charge in [-0.1, -0.05) is 24.3 Å². The lowest BCUT2D eigenvalue weighted by atomic mass is 10.1. The number of hydrogen-bond acceptors (Lipinski definition) is 3. The van der Waals surface area contributed by atoms with Gasteiger partial charge in [0.25, 0.3) is 0 Å². The van der Waals surface area contributed by atoms with E-state index in [1.807, 2.05) is 18.3 Å². The van der Waals surface area contributed by atoms with Crippen molar-refractivity contribution < 1.29 is 0 Å². The molecule has 0 radical (unpaired) electrons. The van der Waals surface area contributed by atoms with Gasteiger partial charge in [-0.05, 0) is 5.56 Å². The molecule has 1 aliphatic carbocycles. The molecule has 0 amide bonds. The van der Waals surface area contributed by atoms with Crippen molar-refractivity contribution in [3.63, 3.8) is 0 Å². The van der Waals surface area contributed by atoms with Gasteiger partial charge in [0.15, 0.2) is 0 Å². The van der Waals surface area contributed by atoms with Crippen molar-refractivity contribution in [3.05, 3.63) is 41.6 Å². The lowest BCUT2D eigenvalue weighted by Crippen LogP contribution is -1.96. The quantitative estimate of drug-likeness (QED) is 0.576. The van der Waals surface area contributed by atoms with Crippen LogP contribution in [0.1, 0.15) is 11.1 Å². The topological polar surface area (TPSA) is 51.8 Å². The number of aromatic nitrogens is 2.